The first-order chi connectivity index (χ1) is 9.00. The van der Waals surface area contributed by atoms with E-state index in [9.17, 15) is 18.3 Å². The molecule has 0 radical (unpaired) electrons. The maximum atomic E-state index is 13.7. The maximum absolute atomic E-state index is 13.7. The SMILES string of the molecule is NCC1(C(O)c2cc(F)c(F)cc2F)CCCCC1. The van der Waals surface area contributed by atoms with Crippen molar-refractivity contribution < 1.29 is 18.3 Å². The quantitative estimate of drug-likeness (QED) is 0.831. The molecule has 106 valence electrons. The van der Waals surface area contributed by atoms with E-state index in [1.54, 1.807) is 0 Å². The van der Waals surface area contributed by atoms with Crippen molar-refractivity contribution in [3.63, 3.8) is 0 Å². The van der Waals surface area contributed by atoms with Gasteiger partial charge in [-0.05, 0) is 18.9 Å². The highest BCUT2D eigenvalue weighted by molar-refractivity contribution is 5.24. The Balaban J connectivity index is 2.37. The van der Waals surface area contributed by atoms with Crippen molar-refractivity contribution >= 4 is 0 Å². The molecule has 1 atom stereocenters. The molecule has 1 aromatic rings. The summed E-state index contributed by atoms with van der Waals surface area (Å²) in [6.45, 7) is 0.201. The predicted molar refractivity (Wildman–Crippen MR) is 65.8 cm³/mol. The summed E-state index contributed by atoms with van der Waals surface area (Å²) in [7, 11) is 0. The average Bonchev–Trinajstić information content (AvgIpc) is 2.43. The van der Waals surface area contributed by atoms with Gasteiger partial charge in [0.15, 0.2) is 11.6 Å². The molecular formula is C14H18F3NO. The van der Waals surface area contributed by atoms with Crippen LogP contribution in [0.4, 0.5) is 13.2 Å². The van der Waals surface area contributed by atoms with E-state index in [2.05, 4.69) is 0 Å². The number of rotatable bonds is 3. The van der Waals surface area contributed by atoms with E-state index in [0.29, 0.717) is 18.9 Å². The van der Waals surface area contributed by atoms with Crippen LogP contribution in [0.15, 0.2) is 12.1 Å². The van der Waals surface area contributed by atoms with E-state index in [1.807, 2.05) is 0 Å². The minimum absolute atomic E-state index is 0.201. The molecule has 1 aliphatic carbocycles. The van der Waals surface area contributed by atoms with Crippen LogP contribution in [0.25, 0.3) is 0 Å². The van der Waals surface area contributed by atoms with E-state index in [0.717, 1.165) is 25.3 Å². The number of benzene rings is 1. The molecule has 1 saturated carbocycles. The van der Waals surface area contributed by atoms with Crippen LogP contribution in [0.5, 0.6) is 0 Å². The first-order valence-electron chi connectivity index (χ1n) is 6.53. The molecule has 1 aliphatic rings. The van der Waals surface area contributed by atoms with Crippen LogP contribution in [0, 0.1) is 22.9 Å². The number of aliphatic hydroxyl groups excluding tert-OH is 1. The Morgan fingerprint density at radius 3 is 2.21 bits per heavy atom. The molecule has 0 aromatic heterocycles. The van der Waals surface area contributed by atoms with Gasteiger partial charge in [0.25, 0.3) is 0 Å². The molecular weight excluding hydrogens is 255 g/mol. The van der Waals surface area contributed by atoms with Crippen LogP contribution in [0.1, 0.15) is 43.8 Å². The normalized spacial score (nSPS) is 20.3. The Hall–Kier alpha value is -1.07. The number of halogens is 3. The molecule has 19 heavy (non-hydrogen) atoms. The Bertz CT molecular complexity index is 458. The molecule has 0 heterocycles. The summed E-state index contributed by atoms with van der Waals surface area (Å²) in [6.07, 6.45) is 2.99. The highest BCUT2D eigenvalue weighted by Crippen LogP contribution is 2.45. The molecule has 2 rings (SSSR count). The van der Waals surface area contributed by atoms with Crippen LogP contribution < -0.4 is 5.73 Å². The van der Waals surface area contributed by atoms with Crippen LogP contribution in [0.3, 0.4) is 0 Å². The molecule has 1 unspecified atom stereocenters. The average molecular weight is 273 g/mol. The highest BCUT2D eigenvalue weighted by atomic mass is 19.2. The number of hydrogen-bond donors (Lipinski definition) is 2. The van der Waals surface area contributed by atoms with Crippen molar-refractivity contribution in [3.8, 4) is 0 Å². The van der Waals surface area contributed by atoms with E-state index in [4.69, 9.17) is 5.73 Å². The van der Waals surface area contributed by atoms with Crippen LogP contribution in [-0.4, -0.2) is 11.7 Å². The summed E-state index contributed by atoms with van der Waals surface area (Å²) < 4.78 is 39.9. The van der Waals surface area contributed by atoms with Crippen molar-refractivity contribution in [2.75, 3.05) is 6.54 Å². The minimum atomic E-state index is -1.25. The smallest absolute Gasteiger partial charge is 0.161 e. The molecule has 5 heteroatoms. The molecule has 0 spiro atoms. The van der Waals surface area contributed by atoms with Crippen molar-refractivity contribution in [1.29, 1.82) is 0 Å². The zero-order valence-corrected chi connectivity index (χ0v) is 10.6. The van der Waals surface area contributed by atoms with Gasteiger partial charge in [0.05, 0.1) is 6.10 Å². The fourth-order valence-electron chi connectivity index (χ4n) is 2.92. The van der Waals surface area contributed by atoms with E-state index in [-0.39, 0.29) is 12.1 Å². The number of nitrogens with two attached hydrogens (primary N) is 1. The van der Waals surface area contributed by atoms with Crippen molar-refractivity contribution in [3.05, 3.63) is 35.1 Å². The first-order valence-corrected chi connectivity index (χ1v) is 6.53. The van der Waals surface area contributed by atoms with Gasteiger partial charge < -0.3 is 10.8 Å². The third-order valence-corrected chi connectivity index (χ3v) is 4.17. The van der Waals surface area contributed by atoms with Gasteiger partial charge in [-0.2, -0.15) is 0 Å². The Morgan fingerprint density at radius 1 is 1.05 bits per heavy atom. The molecule has 0 aliphatic heterocycles. The zero-order valence-electron chi connectivity index (χ0n) is 10.6. The van der Waals surface area contributed by atoms with E-state index >= 15 is 0 Å². The van der Waals surface area contributed by atoms with Gasteiger partial charge >= 0.3 is 0 Å². The van der Waals surface area contributed by atoms with Gasteiger partial charge in [-0.3, -0.25) is 0 Å². The van der Waals surface area contributed by atoms with E-state index in [1.165, 1.54) is 0 Å². The minimum Gasteiger partial charge on any atom is -0.388 e. The van der Waals surface area contributed by atoms with Crippen LogP contribution in [0.2, 0.25) is 0 Å². The fourth-order valence-corrected chi connectivity index (χ4v) is 2.92. The lowest BCUT2D eigenvalue weighted by Crippen LogP contribution is -2.39. The summed E-state index contributed by atoms with van der Waals surface area (Å²) in [5.74, 6) is -3.33. The second-order valence-corrected chi connectivity index (χ2v) is 5.32. The van der Waals surface area contributed by atoms with Gasteiger partial charge in [0.1, 0.15) is 5.82 Å². The highest BCUT2D eigenvalue weighted by Gasteiger charge is 2.40. The third-order valence-electron chi connectivity index (χ3n) is 4.17. The van der Waals surface area contributed by atoms with Gasteiger partial charge in [-0.25, -0.2) is 13.2 Å². The number of hydrogen-bond acceptors (Lipinski definition) is 2. The Morgan fingerprint density at radius 2 is 1.63 bits per heavy atom. The second kappa shape index (κ2) is 5.51. The van der Waals surface area contributed by atoms with Crippen LogP contribution >= 0.6 is 0 Å². The summed E-state index contributed by atoms with van der Waals surface area (Å²) >= 11 is 0. The third kappa shape index (κ3) is 2.62. The fraction of sp³-hybridized carbons (Fsp3) is 0.571. The Labute approximate surface area is 110 Å². The first kappa shape index (κ1) is 14.3. The number of aliphatic hydroxyl groups is 1. The van der Waals surface area contributed by atoms with E-state index < -0.39 is 29.0 Å². The molecule has 2 nitrogen and oxygen atoms in total. The monoisotopic (exact) mass is 273 g/mol. The summed E-state index contributed by atoms with van der Waals surface area (Å²) in [5, 5.41) is 10.4. The molecule has 1 aromatic carbocycles. The Kier molecular flexibility index (Phi) is 4.16. The van der Waals surface area contributed by atoms with Gasteiger partial charge in [-0.1, -0.05) is 19.3 Å². The lowest BCUT2D eigenvalue weighted by molar-refractivity contribution is -0.00182. The lowest BCUT2D eigenvalue weighted by Gasteiger charge is -2.40. The maximum Gasteiger partial charge on any atom is 0.161 e. The molecule has 3 N–H and O–H groups in total. The molecule has 1 fully saturated rings. The lowest BCUT2D eigenvalue weighted by atomic mass is 9.68. The molecule has 0 saturated heterocycles. The standard InChI is InChI=1S/C14H18F3NO/c15-10-7-12(17)11(16)6-9(10)13(19)14(8-18)4-2-1-3-5-14/h6-7,13,19H,1-5,8,18H2. The summed E-state index contributed by atoms with van der Waals surface area (Å²) in [5.41, 5.74) is 4.91. The predicted octanol–water partition coefficient (Wildman–Crippen LogP) is 3.05. The van der Waals surface area contributed by atoms with Crippen molar-refractivity contribution in [1.82, 2.24) is 0 Å². The second-order valence-electron chi connectivity index (χ2n) is 5.32. The zero-order chi connectivity index (χ0) is 14.0. The van der Waals surface area contributed by atoms with Gasteiger partial charge in [-0.15, -0.1) is 0 Å². The largest absolute Gasteiger partial charge is 0.388 e. The topological polar surface area (TPSA) is 46.2 Å². The molecule has 0 bridgehead atoms. The van der Waals surface area contributed by atoms with Gasteiger partial charge in [0, 0.05) is 23.6 Å². The van der Waals surface area contributed by atoms with Crippen LogP contribution in [-0.2, 0) is 0 Å². The summed E-state index contributed by atoms with van der Waals surface area (Å²) in [4.78, 5) is 0. The van der Waals surface area contributed by atoms with Crippen molar-refractivity contribution in [2.45, 2.75) is 38.2 Å². The molecule has 0 amide bonds. The van der Waals surface area contributed by atoms with Crippen molar-refractivity contribution in [2.24, 2.45) is 11.1 Å². The van der Waals surface area contributed by atoms with Gasteiger partial charge in [0.2, 0.25) is 0 Å². The summed E-state index contributed by atoms with van der Waals surface area (Å²) in [6, 6.07) is 1.21.